The van der Waals surface area contributed by atoms with Crippen molar-refractivity contribution in [1.29, 1.82) is 0 Å². The van der Waals surface area contributed by atoms with Gasteiger partial charge in [-0.3, -0.25) is 4.79 Å². The lowest BCUT2D eigenvalue weighted by Crippen LogP contribution is -2.32. The van der Waals surface area contributed by atoms with Crippen LogP contribution < -0.4 is 5.73 Å². The highest BCUT2D eigenvalue weighted by Gasteiger charge is 2.27. The number of likely N-dealkylation sites (tertiary alicyclic amines) is 1. The average Bonchev–Trinajstić information content (AvgIpc) is 2.74. The molecule has 0 bridgehead atoms. The zero-order valence-electron chi connectivity index (χ0n) is 10.5. The van der Waals surface area contributed by atoms with E-state index in [0.717, 1.165) is 30.8 Å². The number of rotatable bonds is 2. The molecule has 2 unspecified atom stereocenters. The van der Waals surface area contributed by atoms with Gasteiger partial charge in [-0.1, -0.05) is 19.1 Å². The molecule has 0 radical (unpaired) electrons. The van der Waals surface area contributed by atoms with E-state index in [-0.39, 0.29) is 11.8 Å². The minimum absolute atomic E-state index is 0.0937. The molecule has 1 saturated heterocycles. The average molecular weight is 232 g/mol. The van der Waals surface area contributed by atoms with Crippen LogP contribution in [0.2, 0.25) is 0 Å². The first-order chi connectivity index (χ1) is 8.08. The minimum atomic E-state index is -0.0937. The van der Waals surface area contributed by atoms with E-state index in [0.29, 0.717) is 5.92 Å². The smallest absolute Gasteiger partial charge is 0.229 e. The molecule has 1 aromatic carbocycles. The molecule has 17 heavy (non-hydrogen) atoms. The van der Waals surface area contributed by atoms with Crippen molar-refractivity contribution in [1.82, 2.24) is 4.90 Å². The molecule has 1 amide bonds. The van der Waals surface area contributed by atoms with E-state index in [1.807, 2.05) is 36.1 Å². The Morgan fingerprint density at radius 3 is 2.88 bits per heavy atom. The molecule has 3 heteroatoms. The number of nitrogens with two attached hydrogens (primary N) is 1. The number of hydrogen-bond donors (Lipinski definition) is 1. The molecule has 1 aliphatic heterocycles. The van der Waals surface area contributed by atoms with Crippen LogP contribution in [0.1, 0.15) is 31.7 Å². The Morgan fingerprint density at radius 2 is 2.29 bits per heavy atom. The summed E-state index contributed by atoms with van der Waals surface area (Å²) in [5.74, 6) is 0.760. The monoisotopic (exact) mass is 232 g/mol. The van der Waals surface area contributed by atoms with Crippen LogP contribution in [0, 0.1) is 5.92 Å². The molecule has 0 spiro atoms. The zero-order chi connectivity index (χ0) is 12.4. The summed E-state index contributed by atoms with van der Waals surface area (Å²) < 4.78 is 0. The summed E-state index contributed by atoms with van der Waals surface area (Å²) in [6.07, 6.45) is 1.12. The van der Waals surface area contributed by atoms with E-state index < -0.39 is 0 Å². The lowest BCUT2D eigenvalue weighted by Gasteiger charge is -2.21. The normalized spacial score (nSPS) is 21.5. The quantitative estimate of drug-likeness (QED) is 0.795. The van der Waals surface area contributed by atoms with E-state index in [1.165, 1.54) is 0 Å². The predicted octanol–water partition coefficient (Wildman–Crippen LogP) is 2.24. The van der Waals surface area contributed by atoms with Crippen molar-refractivity contribution >= 4 is 11.6 Å². The highest BCUT2D eigenvalue weighted by molar-refractivity contribution is 5.83. The van der Waals surface area contributed by atoms with Gasteiger partial charge in [0, 0.05) is 18.8 Å². The number of amides is 1. The van der Waals surface area contributed by atoms with E-state index in [9.17, 15) is 4.79 Å². The summed E-state index contributed by atoms with van der Waals surface area (Å²) in [4.78, 5) is 14.3. The first-order valence-electron chi connectivity index (χ1n) is 6.22. The second kappa shape index (κ2) is 4.78. The molecular weight excluding hydrogens is 212 g/mol. The summed E-state index contributed by atoms with van der Waals surface area (Å²) >= 11 is 0. The molecule has 3 nitrogen and oxygen atoms in total. The fraction of sp³-hybridized carbons (Fsp3) is 0.500. The number of carbonyl (C=O) groups is 1. The van der Waals surface area contributed by atoms with Crippen molar-refractivity contribution in [3.05, 3.63) is 29.8 Å². The van der Waals surface area contributed by atoms with Crippen molar-refractivity contribution in [3.63, 3.8) is 0 Å². The van der Waals surface area contributed by atoms with E-state index >= 15 is 0 Å². The lowest BCUT2D eigenvalue weighted by atomic mass is 9.99. The molecule has 1 heterocycles. The Morgan fingerprint density at radius 1 is 1.53 bits per heavy atom. The van der Waals surface area contributed by atoms with Gasteiger partial charge in [0.1, 0.15) is 0 Å². The van der Waals surface area contributed by atoms with Gasteiger partial charge in [-0.25, -0.2) is 0 Å². The third kappa shape index (κ3) is 2.60. The summed E-state index contributed by atoms with van der Waals surface area (Å²) in [5.41, 5.74) is 7.48. The Kier molecular flexibility index (Phi) is 3.36. The maximum Gasteiger partial charge on any atom is 0.229 e. The van der Waals surface area contributed by atoms with Gasteiger partial charge in [-0.15, -0.1) is 0 Å². The van der Waals surface area contributed by atoms with Gasteiger partial charge in [0.2, 0.25) is 5.91 Å². The molecule has 92 valence electrons. The third-order valence-electron chi connectivity index (χ3n) is 3.52. The first kappa shape index (κ1) is 12.0. The highest BCUT2D eigenvalue weighted by atomic mass is 16.2. The topological polar surface area (TPSA) is 46.3 Å². The maximum atomic E-state index is 12.3. The number of carbonyl (C=O) groups excluding carboxylic acids is 1. The predicted molar refractivity (Wildman–Crippen MR) is 69.6 cm³/mol. The zero-order valence-corrected chi connectivity index (χ0v) is 10.5. The number of hydrogen-bond acceptors (Lipinski definition) is 2. The number of nitrogen functional groups attached to an aromatic ring is 1. The van der Waals surface area contributed by atoms with Gasteiger partial charge >= 0.3 is 0 Å². The number of nitrogens with zero attached hydrogens (tertiary/aromatic N) is 1. The molecule has 0 aromatic heterocycles. The lowest BCUT2D eigenvalue weighted by molar-refractivity contribution is -0.131. The molecule has 2 N–H and O–H groups in total. The van der Waals surface area contributed by atoms with Crippen LogP contribution >= 0.6 is 0 Å². The molecule has 2 rings (SSSR count). The third-order valence-corrected chi connectivity index (χ3v) is 3.52. The number of anilines is 1. The van der Waals surface area contributed by atoms with Crippen LogP contribution in [0.5, 0.6) is 0 Å². The SMILES string of the molecule is CC1CCN(C(=O)C(C)c2cccc(N)c2)C1. The van der Waals surface area contributed by atoms with Gasteiger partial charge in [0.15, 0.2) is 0 Å². The van der Waals surface area contributed by atoms with Gasteiger partial charge in [0.25, 0.3) is 0 Å². The molecular formula is C14H20N2O. The molecule has 1 aliphatic rings. The first-order valence-corrected chi connectivity index (χ1v) is 6.22. The van der Waals surface area contributed by atoms with Gasteiger partial charge < -0.3 is 10.6 Å². The number of benzene rings is 1. The maximum absolute atomic E-state index is 12.3. The Labute approximate surface area is 103 Å². The standard InChI is InChI=1S/C14H20N2O/c1-10-6-7-16(9-10)14(17)11(2)12-4-3-5-13(15)8-12/h3-5,8,10-11H,6-7,9,15H2,1-2H3. The van der Waals surface area contributed by atoms with E-state index in [1.54, 1.807) is 0 Å². The molecule has 1 aromatic rings. The molecule has 1 fully saturated rings. The molecule has 0 aliphatic carbocycles. The van der Waals surface area contributed by atoms with Gasteiger partial charge in [-0.05, 0) is 37.0 Å². The van der Waals surface area contributed by atoms with Gasteiger partial charge in [0.05, 0.1) is 5.92 Å². The van der Waals surface area contributed by atoms with E-state index in [4.69, 9.17) is 5.73 Å². The summed E-state index contributed by atoms with van der Waals surface area (Å²) in [7, 11) is 0. The minimum Gasteiger partial charge on any atom is -0.399 e. The Bertz CT molecular complexity index is 416. The summed E-state index contributed by atoms with van der Waals surface area (Å²) in [5, 5.41) is 0. The van der Waals surface area contributed by atoms with Crippen molar-refractivity contribution in [3.8, 4) is 0 Å². The Balaban J connectivity index is 2.09. The van der Waals surface area contributed by atoms with Crippen LogP contribution in [-0.2, 0) is 4.79 Å². The van der Waals surface area contributed by atoms with E-state index in [2.05, 4.69) is 6.92 Å². The molecule has 2 atom stereocenters. The molecule has 0 saturated carbocycles. The van der Waals surface area contributed by atoms with Crippen molar-refractivity contribution in [2.24, 2.45) is 5.92 Å². The summed E-state index contributed by atoms with van der Waals surface area (Å²) in [6.45, 7) is 5.94. The fourth-order valence-corrected chi connectivity index (χ4v) is 2.38. The van der Waals surface area contributed by atoms with Crippen LogP contribution in [0.15, 0.2) is 24.3 Å². The Hall–Kier alpha value is -1.51. The van der Waals surface area contributed by atoms with Crippen molar-refractivity contribution in [2.45, 2.75) is 26.2 Å². The largest absolute Gasteiger partial charge is 0.399 e. The fourth-order valence-electron chi connectivity index (χ4n) is 2.38. The van der Waals surface area contributed by atoms with Crippen molar-refractivity contribution in [2.75, 3.05) is 18.8 Å². The van der Waals surface area contributed by atoms with Crippen LogP contribution in [-0.4, -0.2) is 23.9 Å². The second-order valence-corrected chi connectivity index (χ2v) is 5.07. The van der Waals surface area contributed by atoms with Crippen molar-refractivity contribution < 1.29 is 4.79 Å². The van der Waals surface area contributed by atoms with Gasteiger partial charge in [-0.2, -0.15) is 0 Å². The van der Waals surface area contributed by atoms with Crippen LogP contribution in [0.3, 0.4) is 0 Å². The summed E-state index contributed by atoms with van der Waals surface area (Å²) in [6, 6.07) is 7.61. The second-order valence-electron chi connectivity index (χ2n) is 5.07. The van der Waals surface area contributed by atoms with Crippen LogP contribution in [0.4, 0.5) is 5.69 Å². The highest BCUT2D eigenvalue weighted by Crippen LogP contribution is 2.24. The van der Waals surface area contributed by atoms with Crippen LogP contribution in [0.25, 0.3) is 0 Å².